The maximum Gasteiger partial charge on any atom is 0.227 e. The summed E-state index contributed by atoms with van der Waals surface area (Å²) in [5, 5.41) is 11.6. The predicted octanol–water partition coefficient (Wildman–Crippen LogP) is 0.00250. The van der Waals surface area contributed by atoms with E-state index in [-0.39, 0.29) is 24.0 Å². The zero-order valence-electron chi connectivity index (χ0n) is 8.75. The minimum atomic E-state index is -0.358. The summed E-state index contributed by atoms with van der Waals surface area (Å²) in [6.45, 7) is 2.18. The maximum atomic E-state index is 11.9. The summed E-state index contributed by atoms with van der Waals surface area (Å²) < 4.78 is 0. The molecule has 1 aliphatic rings. The smallest absolute Gasteiger partial charge is 0.227 e. The van der Waals surface area contributed by atoms with Crippen LogP contribution < -0.4 is 11.1 Å². The van der Waals surface area contributed by atoms with Crippen molar-refractivity contribution < 1.29 is 9.90 Å². The van der Waals surface area contributed by atoms with Crippen LogP contribution in [0.3, 0.4) is 0 Å². The third-order valence-corrected chi connectivity index (χ3v) is 3.08. The molecule has 0 heterocycles. The van der Waals surface area contributed by atoms with Crippen molar-refractivity contribution in [1.82, 2.24) is 5.32 Å². The summed E-state index contributed by atoms with van der Waals surface area (Å²) >= 11 is 0. The maximum absolute atomic E-state index is 11.9. The Morgan fingerprint density at radius 1 is 1.57 bits per heavy atom. The highest BCUT2D eigenvalue weighted by Gasteiger charge is 2.39. The average molecular weight is 200 g/mol. The Hall–Kier alpha value is -0.610. The van der Waals surface area contributed by atoms with Gasteiger partial charge in [0.1, 0.15) is 0 Å². The molecule has 0 bridgehead atoms. The van der Waals surface area contributed by atoms with Crippen molar-refractivity contribution in [2.45, 2.75) is 38.6 Å². The first kappa shape index (κ1) is 11.5. The summed E-state index contributed by atoms with van der Waals surface area (Å²) in [5.74, 6) is 0.0130. The molecule has 0 saturated heterocycles. The van der Waals surface area contributed by atoms with Crippen molar-refractivity contribution in [2.24, 2.45) is 11.1 Å². The molecule has 0 radical (unpaired) electrons. The first-order valence-electron chi connectivity index (χ1n) is 5.26. The molecular weight excluding hydrogens is 180 g/mol. The van der Waals surface area contributed by atoms with Crippen LogP contribution in [0.25, 0.3) is 0 Å². The highest BCUT2D eigenvalue weighted by Crippen LogP contribution is 2.37. The SMILES string of the molecule is C[C@H](CO)NC(=O)C1(CN)CCCC1. The summed E-state index contributed by atoms with van der Waals surface area (Å²) in [4.78, 5) is 11.9. The van der Waals surface area contributed by atoms with Gasteiger partial charge in [0.25, 0.3) is 0 Å². The van der Waals surface area contributed by atoms with Crippen LogP contribution in [0.1, 0.15) is 32.6 Å². The summed E-state index contributed by atoms with van der Waals surface area (Å²) in [5.41, 5.74) is 5.31. The van der Waals surface area contributed by atoms with Crippen molar-refractivity contribution in [2.75, 3.05) is 13.2 Å². The normalized spacial score (nSPS) is 21.9. The highest BCUT2D eigenvalue weighted by atomic mass is 16.3. The van der Waals surface area contributed by atoms with Gasteiger partial charge in [-0.25, -0.2) is 0 Å². The lowest BCUT2D eigenvalue weighted by Crippen LogP contribution is -2.48. The van der Waals surface area contributed by atoms with Gasteiger partial charge in [-0.1, -0.05) is 12.8 Å². The molecule has 0 unspecified atom stereocenters. The minimum Gasteiger partial charge on any atom is -0.394 e. The Morgan fingerprint density at radius 2 is 2.14 bits per heavy atom. The Morgan fingerprint density at radius 3 is 2.57 bits per heavy atom. The van der Waals surface area contributed by atoms with Crippen LogP contribution in [0.5, 0.6) is 0 Å². The quantitative estimate of drug-likeness (QED) is 0.598. The van der Waals surface area contributed by atoms with Gasteiger partial charge in [0.15, 0.2) is 0 Å². The number of aliphatic hydroxyl groups excluding tert-OH is 1. The lowest BCUT2D eigenvalue weighted by Gasteiger charge is -2.27. The Kier molecular flexibility index (Phi) is 3.89. The summed E-state index contributed by atoms with van der Waals surface area (Å²) in [6.07, 6.45) is 3.93. The van der Waals surface area contributed by atoms with Gasteiger partial charge in [0.05, 0.1) is 12.0 Å². The van der Waals surface area contributed by atoms with E-state index in [9.17, 15) is 4.79 Å². The van der Waals surface area contributed by atoms with Crippen molar-refractivity contribution in [3.63, 3.8) is 0 Å². The molecule has 1 aliphatic carbocycles. The van der Waals surface area contributed by atoms with Crippen LogP contribution in [0, 0.1) is 5.41 Å². The molecule has 0 spiro atoms. The van der Waals surface area contributed by atoms with Crippen LogP contribution in [-0.2, 0) is 4.79 Å². The van der Waals surface area contributed by atoms with E-state index in [0.29, 0.717) is 6.54 Å². The lowest BCUT2D eigenvalue weighted by molar-refractivity contribution is -0.131. The number of hydrogen-bond acceptors (Lipinski definition) is 3. The Bertz CT molecular complexity index is 200. The van der Waals surface area contributed by atoms with E-state index in [1.54, 1.807) is 6.92 Å². The van der Waals surface area contributed by atoms with E-state index >= 15 is 0 Å². The van der Waals surface area contributed by atoms with Crippen molar-refractivity contribution >= 4 is 5.91 Å². The zero-order chi connectivity index (χ0) is 10.6. The van der Waals surface area contributed by atoms with Gasteiger partial charge >= 0.3 is 0 Å². The van der Waals surface area contributed by atoms with Crippen molar-refractivity contribution in [1.29, 1.82) is 0 Å². The fourth-order valence-electron chi connectivity index (χ4n) is 2.00. The van der Waals surface area contributed by atoms with Gasteiger partial charge in [-0.05, 0) is 19.8 Å². The highest BCUT2D eigenvalue weighted by molar-refractivity contribution is 5.83. The van der Waals surface area contributed by atoms with E-state index in [2.05, 4.69) is 5.32 Å². The van der Waals surface area contributed by atoms with Gasteiger partial charge in [-0.15, -0.1) is 0 Å². The topological polar surface area (TPSA) is 75.3 Å². The first-order chi connectivity index (χ1) is 6.64. The predicted molar refractivity (Wildman–Crippen MR) is 54.6 cm³/mol. The van der Waals surface area contributed by atoms with E-state index in [0.717, 1.165) is 25.7 Å². The summed E-state index contributed by atoms with van der Waals surface area (Å²) in [6, 6.07) is -0.175. The average Bonchev–Trinajstić information content (AvgIpc) is 2.67. The molecule has 4 nitrogen and oxygen atoms in total. The van der Waals surface area contributed by atoms with Crippen LogP contribution in [0.15, 0.2) is 0 Å². The number of rotatable bonds is 4. The zero-order valence-corrected chi connectivity index (χ0v) is 8.75. The minimum absolute atomic E-state index is 0.0130. The third kappa shape index (κ3) is 2.25. The molecule has 0 aromatic rings. The molecule has 4 N–H and O–H groups in total. The van der Waals surface area contributed by atoms with Crippen LogP contribution in [-0.4, -0.2) is 30.2 Å². The van der Waals surface area contributed by atoms with E-state index < -0.39 is 0 Å². The standard InChI is InChI=1S/C10H20N2O2/c1-8(6-13)12-9(14)10(7-11)4-2-3-5-10/h8,13H,2-7,11H2,1H3,(H,12,14)/t8-/m1/s1. The van der Waals surface area contributed by atoms with Gasteiger partial charge in [0, 0.05) is 12.6 Å². The Balaban J connectivity index is 2.56. The number of nitrogens with one attached hydrogen (secondary N) is 1. The molecule has 1 fully saturated rings. The van der Waals surface area contributed by atoms with E-state index in [1.807, 2.05) is 0 Å². The second-order valence-electron chi connectivity index (χ2n) is 4.25. The number of nitrogens with two attached hydrogens (primary N) is 1. The van der Waals surface area contributed by atoms with Crippen LogP contribution >= 0.6 is 0 Å². The molecule has 1 amide bonds. The fourth-order valence-corrected chi connectivity index (χ4v) is 2.00. The van der Waals surface area contributed by atoms with E-state index in [4.69, 9.17) is 10.8 Å². The lowest BCUT2D eigenvalue weighted by atomic mass is 9.85. The monoisotopic (exact) mass is 200 g/mol. The molecule has 0 aliphatic heterocycles. The van der Waals surface area contributed by atoms with Gasteiger partial charge in [-0.2, -0.15) is 0 Å². The molecule has 82 valence electrons. The van der Waals surface area contributed by atoms with E-state index in [1.165, 1.54) is 0 Å². The van der Waals surface area contributed by atoms with Crippen molar-refractivity contribution in [3.05, 3.63) is 0 Å². The third-order valence-electron chi connectivity index (χ3n) is 3.08. The fraction of sp³-hybridized carbons (Fsp3) is 0.900. The number of carbonyl (C=O) groups excluding carboxylic acids is 1. The molecular formula is C10H20N2O2. The number of hydrogen-bond donors (Lipinski definition) is 3. The molecule has 14 heavy (non-hydrogen) atoms. The van der Waals surface area contributed by atoms with Crippen LogP contribution in [0.4, 0.5) is 0 Å². The summed E-state index contributed by atoms with van der Waals surface area (Å²) in [7, 11) is 0. The molecule has 1 saturated carbocycles. The number of carbonyl (C=O) groups is 1. The largest absolute Gasteiger partial charge is 0.394 e. The number of aliphatic hydroxyl groups is 1. The van der Waals surface area contributed by atoms with Gasteiger partial charge in [-0.3, -0.25) is 4.79 Å². The second kappa shape index (κ2) is 4.75. The van der Waals surface area contributed by atoms with Gasteiger partial charge in [0.2, 0.25) is 5.91 Å². The molecule has 0 aromatic heterocycles. The molecule has 1 atom stereocenters. The van der Waals surface area contributed by atoms with Gasteiger partial charge < -0.3 is 16.2 Å². The first-order valence-corrected chi connectivity index (χ1v) is 5.26. The second-order valence-corrected chi connectivity index (χ2v) is 4.25. The molecule has 4 heteroatoms. The van der Waals surface area contributed by atoms with Crippen LogP contribution in [0.2, 0.25) is 0 Å². The molecule has 0 aromatic carbocycles. The van der Waals surface area contributed by atoms with Crippen molar-refractivity contribution in [3.8, 4) is 0 Å². The number of amides is 1. The molecule has 1 rings (SSSR count). The Labute approximate surface area is 84.9 Å².